The molecule has 2 aromatic rings. The van der Waals surface area contributed by atoms with E-state index >= 15 is 0 Å². The first-order chi connectivity index (χ1) is 9.94. The van der Waals surface area contributed by atoms with Crippen LogP contribution in [0.1, 0.15) is 15.9 Å². The lowest BCUT2D eigenvalue weighted by atomic mass is 10.2. The molecule has 2 rings (SSSR count). The smallest absolute Gasteiger partial charge is 0.339 e. The third-order valence-electron chi connectivity index (χ3n) is 2.68. The molecule has 6 nitrogen and oxygen atoms in total. The zero-order valence-electron chi connectivity index (χ0n) is 11.0. The predicted molar refractivity (Wildman–Crippen MR) is 70.5 cm³/mol. The van der Waals surface area contributed by atoms with Gasteiger partial charge in [0, 0.05) is 12.1 Å². The number of furan rings is 1. The number of sulfonamides is 1. The standard InChI is InChI=1S/C13H12FNO5S/c1-19-13(16)11-3-2-10(14)6-12(11)21(17,18)15-7-9-4-5-20-8-9/h2-6,8,15H,7H2,1H3. The van der Waals surface area contributed by atoms with E-state index in [1.165, 1.54) is 12.5 Å². The van der Waals surface area contributed by atoms with Crippen LogP contribution in [0, 0.1) is 5.82 Å². The van der Waals surface area contributed by atoms with Gasteiger partial charge in [0.05, 0.1) is 30.1 Å². The summed E-state index contributed by atoms with van der Waals surface area (Å²) < 4.78 is 49.3. The molecular formula is C13H12FNO5S. The maximum Gasteiger partial charge on any atom is 0.339 e. The Morgan fingerprint density at radius 3 is 2.76 bits per heavy atom. The summed E-state index contributed by atoms with van der Waals surface area (Å²) in [5, 5.41) is 0. The first-order valence-electron chi connectivity index (χ1n) is 5.82. The average Bonchev–Trinajstić information content (AvgIpc) is 2.98. The lowest BCUT2D eigenvalue weighted by Crippen LogP contribution is -2.25. The molecular weight excluding hydrogens is 301 g/mol. The molecule has 0 fully saturated rings. The van der Waals surface area contributed by atoms with Gasteiger partial charge in [-0.05, 0) is 24.3 Å². The van der Waals surface area contributed by atoms with Gasteiger partial charge in [-0.3, -0.25) is 0 Å². The van der Waals surface area contributed by atoms with Crippen LogP contribution < -0.4 is 4.72 Å². The summed E-state index contributed by atoms with van der Waals surface area (Å²) in [6.07, 6.45) is 2.76. The van der Waals surface area contributed by atoms with E-state index in [2.05, 4.69) is 9.46 Å². The number of benzene rings is 1. The van der Waals surface area contributed by atoms with Crippen LogP contribution in [-0.4, -0.2) is 21.5 Å². The second-order valence-corrected chi connectivity index (χ2v) is 5.82. The number of esters is 1. The summed E-state index contributed by atoms with van der Waals surface area (Å²) in [6.45, 7) is -0.0457. The van der Waals surface area contributed by atoms with E-state index in [0.29, 0.717) is 5.56 Å². The van der Waals surface area contributed by atoms with E-state index in [1.807, 2.05) is 0 Å². The van der Waals surface area contributed by atoms with Gasteiger partial charge >= 0.3 is 5.97 Å². The van der Waals surface area contributed by atoms with Crippen molar-refractivity contribution in [3.63, 3.8) is 0 Å². The van der Waals surface area contributed by atoms with E-state index in [1.54, 1.807) is 6.07 Å². The molecule has 1 aromatic carbocycles. The summed E-state index contributed by atoms with van der Waals surface area (Å²) in [7, 11) is -2.97. The Balaban J connectivity index is 2.34. The van der Waals surface area contributed by atoms with Crippen LogP contribution in [0.3, 0.4) is 0 Å². The van der Waals surface area contributed by atoms with E-state index in [-0.39, 0.29) is 12.1 Å². The zero-order chi connectivity index (χ0) is 15.5. The van der Waals surface area contributed by atoms with E-state index in [9.17, 15) is 17.6 Å². The maximum absolute atomic E-state index is 13.3. The van der Waals surface area contributed by atoms with Gasteiger partial charge in [-0.2, -0.15) is 0 Å². The van der Waals surface area contributed by atoms with Crippen molar-refractivity contribution in [2.24, 2.45) is 0 Å². The highest BCUT2D eigenvalue weighted by atomic mass is 32.2. The van der Waals surface area contributed by atoms with Crippen molar-refractivity contribution in [3.05, 3.63) is 53.7 Å². The van der Waals surface area contributed by atoms with E-state index in [4.69, 9.17) is 4.42 Å². The Hall–Kier alpha value is -2.19. The average molecular weight is 313 g/mol. The number of hydrogen-bond acceptors (Lipinski definition) is 5. The molecule has 8 heteroatoms. The minimum Gasteiger partial charge on any atom is -0.472 e. The number of ether oxygens (including phenoxy) is 1. The largest absolute Gasteiger partial charge is 0.472 e. The van der Waals surface area contributed by atoms with Gasteiger partial charge in [0.15, 0.2) is 0 Å². The molecule has 0 saturated heterocycles. The van der Waals surface area contributed by atoms with Crippen molar-refractivity contribution in [1.29, 1.82) is 0 Å². The number of halogens is 1. The second kappa shape index (κ2) is 6.06. The number of methoxy groups -OCH3 is 1. The maximum atomic E-state index is 13.3. The molecule has 0 bridgehead atoms. The van der Waals surface area contributed by atoms with Crippen LogP contribution in [0.2, 0.25) is 0 Å². The molecule has 0 radical (unpaired) electrons. The van der Waals surface area contributed by atoms with Gasteiger partial charge in [-0.15, -0.1) is 0 Å². The van der Waals surface area contributed by atoms with Crippen molar-refractivity contribution in [1.82, 2.24) is 4.72 Å². The Labute approximate surface area is 120 Å². The van der Waals surface area contributed by atoms with Crippen LogP contribution in [0.25, 0.3) is 0 Å². The molecule has 112 valence electrons. The van der Waals surface area contributed by atoms with Gasteiger partial charge in [0.1, 0.15) is 5.82 Å². The molecule has 0 aliphatic carbocycles. The molecule has 0 atom stereocenters. The number of hydrogen-bond donors (Lipinski definition) is 1. The van der Waals surface area contributed by atoms with E-state index < -0.39 is 26.7 Å². The van der Waals surface area contributed by atoms with Crippen LogP contribution in [0.15, 0.2) is 46.1 Å². The second-order valence-electron chi connectivity index (χ2n) is 4.09. The number of rotatable bonds is 5. The van der Waals surface area contributed by atoms with Crippen LogP contribution in [0.4, 0.5) is 4.39 Å². The topological polar surface area (TPSA) is 85.6 Å². The molecule has 0 amide bonds. The number of nitrogens with one attached hydrogen (secondary N) is 1. The Morgan fingerprint density at radius 1 is 1.38 bits per heavy atom. The van der Waals surface area contributed by atoms with Crippen molar-refractivity contribution >= 4 is 16.0 Å². The van der Waals surface area contributed by atoms with Crippen LogP contribution in [-0.2, 0) is 21.3 Å². The molecule has 0 spiro atoms. The molecule has 0 unspecified atom stereocenters. The normalized spacial score (nSPS) is 11.3. The minimum absolute atomic E-state index is 0.0457. The highest BCUT2D eigenvalue weighted by molar-refractivity contribution is 7.89. The van der Waals surface area contributed by atoms with Crippen molar-refractivity contribution in [3.8, 4) is 0 Å². The highest BCUT2D eigenvalue weighted by Crippen LogP contribution is 2.18. The molecule has 0 aliphatic heterocycles. The van der Waals surface area contributed by atoms with Gasteiger partial charge in [0.25, 0.3) is 0 Å². The highest BCUT2D eigenvalue weighted by Gasteiger charge is 2.23. The van der Waals surface area contributed by atoms with Crippen molar-refractivity contribution in [2.75, 3.05) is 7.11 Å². The monoisotopic (exact) mass is 313 g/mol. The lowest BCUT2D eigenvalue weighted by molar-refractivity contribution is 0.0596. The molecule has 1 aromatic heterocycles. The predicted octanol–water partition coefficient (Wildman–Crippen LogP) is 1.68. The molecule has 0 saturated carbocycles. The van der Waals surface area contributed by atoms with Crippen molar-refractivity contribution in [2.45, 2.75) is 11.4 Å². The summed E-state index contributed by atoms with van der Waals surface area (Å²) in [5.74, 6) is -1.63. The third-order valence-corrected chi connectivity index (χ3v) is 4.13. The summed E-state index contributed by atoms with van der Waals surface area (Å²) in [4.78, 5) is 11.1. The first-order valence-corrected chi connectivity index (χ1v) is 7.31. The first kappa shape index (κ1) is 15.2. The van der Waals surface area contributed by atoms with Gasteiger partial charge in [0.2, 0.25) is 10.0 Å². The molecule has 1 heterocycles. The van der Waals surface area contributed by atoms with Gasteiger partial charge in [-0.1, -0.05) is 0 Å². The molecule has 21 heavy (non-hydrogen) atoms. The SMILES string of the molecule is COC(=O)c1ccc(F)cc1S(=O)(=O)NCc1ccoc1. The fourth-order valence-electron chi connectivity index (χ4n) is 1.65. The quantitative estimate of drug-likeness (QED) is 0.849. The van der Waals surface area contributed by atoms with Crippen LogP contribution >= 0.6 is 0 Å². The minimum atomic E-state index is -4.08. The van der Waals surface area contributed by atoms with Gasteiger partial charge < -0.3 is 9.15 Å². The fourth-order valence-corrected chi connectivity index (χ4v) is 2.87. The molecule has 0 aliphatic rings. The number of carbonyl (C=O) groups is 1. The third kappa shape index (κ3) is 3.47. The van der Waals surface area contributed by atoms with Crippen molar-refractivity contribution < 1.29 is 26.8 Å². The Bertz CT molecular complexity index is 740. The number of carbonyl (C=O) groups excluding carboxylic acids is 1. The van der Waals surface area contributed by atoms with Crippen LogP contribution in [0.5, 0.6) is 0 Å². The zero-order valence-corrected chi connectivity index (χ0v) is 11.8. The lowest BCUT2D eigenvalue weighted by Gasteiger charge is -2.10. The summed E-state index contributed by atoms with van der Waals surface area (Å²) >= 11 is 0. The Kier molecular flexibility index (Phi) is 4.39. The van der Waals surface area contributed by atoms with Gasteiger partial charge in [-0.25, -0.2) is 22.3 Å². The van der Waals surface area contributed by atoms with E-state index in [0.717, 1.165) is 25.3 Å². The fraction of sp³-hybridized carbons (Fsp3) is 0.154. The summed E-state index contributed by atoms with van der Waals surface area (Å²) in [5.41, 5.74) is 0.355. The Morgan fingerprint density at radius 2 is 2.14 bits per heavy atom. The molecule has 1 N–H and O–H groups in total. The summed E-state index contributed by atoms with van der Waals surface area (Å²) in [6, 6.07) is 4.40.